The number of hydrogen-bond donors (Lipinski definition) is 2. The van der Waals surface area contributed by atoms with Crippen LogP contribution in [-0.4, -0.2) is 35.3 Å². The molecule has 0 unspecified atom stereocenters. The van der Waals surface area contributed by atoms with Crippen LogP contribution in [0.15, 0.2) is 36.5 Å². The number of hydrogen-bond acceptors (Lipinski definition) is 4. The number of anilines is 2. The summed E-state index contributed by atoms with van der Waals surface area (Å²) in [5.74, 6) is 1.90. The third-order valence-corrected chi connectivity index (χ3v) is 5.05. The second-order valence-electron chi connectivity index (χ2n) is 6.95. The van der Waals surface area contributed by atoms with E-state index in [9.17, 15) is 4.79 Å². The first kappa shape index (κ1) is 16.1. The maximum absolute atomic E-state index is 12.0. The zero-order valence-corrected chi connectivity index (χ0v) is 14.4. The van der Waals surface area contributed by atoms with Crippen LogP contribution in [0, 0.1) is 5.92 Å². The van der Waals surface area contributed by atoms with Crippen LogP contribution in [0.3, 0.4) is 0 Å². The van der Waals surface area contributed by atoms with Gasteiger partial charge in [0.25, 0.3) is 0 Å². The van der Waals surface area contributed by atoms with Gasteiger partial charge in [0.05, 0.1) is 6.20 Å². The van der Waals surface area contributed by atoms with Gasteiger partial charge in [-0.15, -0.1) is 0 Å². The van der Waals surface area contributed by atoms with Gasteiger partial charge in [-0.3, -0.25) is 4.79 Å². The number of amides is 1. The molecule has 25 heavy (non-hydrogen) atoms. The molecule has 4 rings (SSSR count). The highest BCUT2D eigenvalue weighted by Gasteiger charge is 2.19. The first-order valence-corrected chi connectivity index (χ1v) is 9.15. The van der Waals surface area contributed by atoms with Gasteiger partial charge in [0.2, 0.25) is 5.91 Å². The molecule has 1 amide bonds. The molecule has 132 valence electrons. The quantitative estimate of drug-likeness (QED) is 0.877. The smallest absolute Gasteiger partial charge is 0.226 e. The van der Waals surface area contributed by atoms with Gasteiger partial charge < -0.3 is 15.5 Å². The molecular weight excluding hydrogens is 314 g/mol. The number of benzene rings is 1. The summed E-state index contributed by atoms with van der Waals surface area (Å²) in [6.45, 7) is 4.59. The highest BCUT2D eigenvalue weighted by atomic mass is 16.2. The van der Waals surface area contributed by atoms with Gasteiger partial charge in [0.1, 0.15) is 5.82 Å². The molecule has 2 aliphatic heterocycles. The summed E-state index contributed by atoms with van der Waals surface area (Å²) in [6.07, 6.45) is 4.64. The van der Waals surface area contributed by atoms with E-state index in [0.29, 0.717) is 12.3 Å². The Morgan fingerprint density at radius 3 is 2.92 bits per heavy atom. The Balaban J connectivity index is 1.27. The lowest BCUT2D eigenvalue weighted by Crippen LogP contribution is -2.35. The number of nitrogens with zero attached hydrogens (tertiary/aromatic N) is 3. The molecule has 1 fully saturated rings. The first-order chi connectivity index (χ1) is 12.3. The number of piperidine rings is 1. The van der Waals surface area contributed by atoms with Gasteiger partial charge in [-0.05, 0) is 30.5 Å². The van der Waals surface area contributed by atoms with Crippen molar-refractivity contribution in [1.82, 2.24) is 15.1 Å². The van der Waals surface area contributed by atoms with Crippen molar-refractivity contribution in [3.05, 3.63) is 42.1 Å². The summed E-state index contributed by atoms with van der Waals surface area (Å²) in [5.41, 5.74) is 2.27. The van der Waals surface area contributed by atoms with Gasteiger partial charge in [-0.25, -0.2) is 4.68 Å². The van der Waals surface area contributed by atoms with Crippen molar-refractivity contribution < 1.29 is 4.79 Å². The van der Waals surface area contributed by atoms with Crippen molar-refractivity contribution in [2.45, 2.75) is 32.4 Å². The van der Waals surface area contributed by atoms with Gasteiger partial charge in [0, 0.05) is 56.8 Å². The van der Waals surface area contributed by atoms with E-state index in [2.05, 4.69) is 40.0 Å². The molecule has 0 bridgehead atoms. The summed E-state index contributed by atoms with van der Waals surface area (Å²) in [5, 5.41) is 11.3. The predicted molar refractivity (Wildman–Crippen MR) is 98.6 cm³/mol. The molecule has 6 nitrogen and oxygen atoms in total. The largest absolute Gasteiger partial charge is 0.370 e. The predicted octanol–water partition coefficient (Wildman–Crippen LogP) is 2.23. The molecule has 2 N–H and O–H groups in total. The summed E-state index contributed by atoms with van der Waals surface area (Å²) >= 11 is 0. The fraction of sp³-hybridized carbons (Fsp3) is 0.474. The third-order valence-electron chi connectivity index (χ3n) is 5.05. The third kappa shape index (κ3) is 3.69. The topological polar surface area (TPSA) is 62.2 Å². The molecule has 0 aliphatic carbocycles. The number of rotatable bonds is 5. The fourth-order valence-electron chi connectivity index (χ4n) is 3.62. The summed E-state index contributed by atoms with van der Waals surface area (Å²) in [4.78, 5) is 13.9. The van der Waals surface area contributed by atoms with Crippen molar-refractivity contribution in [3.8, 4) is 0 Å². The van der Waals surface area contributed by atoms with Crippen molar-refractivity contribution in [3.63, 3.8) is 0 Å². The maximum Gasteiger partial charge on any atom is 0.226 e. The molecule has 3 heterocycles. The highest BCUT2D eigenvalue weighted by Crippen LogP contribution is 2.21. The summed E-state index contributed by atoms with van der Waals surface area (Å²) in [7, 11) is 0. The normalized spacial score (nSPS) is 20.2. The molecule has 1 saturated heterocycles. The Morgan fingerprint density at radius 2 is 2.08 bits per heavy atom. The van der Waals surface area contributed by atoms with Gasteiger partial charge in [-0.1, -0.05) is 12.1 Å². The molecule has 0 radical (unpaired) electrons. The van der Waals surface area contributed by atoms with E-state index in [1.165, 1.54) is 5.56 Å². The molecule has 1 aromatic heterocycles. The lowest BCUT2D eigenvalue weighted by atomic mass is 10.1. The van der Waals surface area contributed by atoms with Crippen LogP contribution in [0.25, 0.3) is 0 Å². The second kappa shape index (κ2) is 7.27. The molecule has 0 spiro atoms. The Labute approximate surface area is 148 Å². The standard InChI is InChI=1S/C19H25N5O/c25-19-3-1-2-10-23(19)17-6-4-15(5-7-17)11-20-12-16-13-21-18-8-9-22-24(18)14-16/h4-9,16,20-21H,1-3,10-14H2/t16-/m0/s1. The SMILES string of the molecule is O=C1CCCCN1c1ccc(CNC[C@H]2CNc3ccnn3C2)cc1. The minimum absolute atomic E-state index is 0.250. The van der Waals surface area contributed by atoms with Crippen molar-refractivity contribution >= 4 is 17.4 Å². The molecule has 0 saturated carbocycles. The average molecular weight is 339 g/mol. The van der Waals surface area contributed by atoms with Crippen molar-refractivity contribution in [1.29, 1.82) is 0 Å². The first-order valence-electron chi connectivity index (χ1n) is 9.15. The minimum atomic E-state index is 0.250. The van der Waals surface area contributed by atoms with Crippen LogP contribution < -0.4 is 15.5 Å². The zero-order chi connectivity index (χ0) is 17.1. The molecular formula is C19H25N5O. The number of nitrogens with one attached hydrogen (secondary N) is 2. The summed E-state index contributed by atoms with van der Waals surface area (Å²) < 4.78 is 2.03. The minimum Gasteiger partial charge on any atom is -0.370 e. The van der Waals surface area contributed by atoms with Crippen molar-refractivity contribution in [2.75, 3.05) is 29.9 Å². The van der Waals surface area contributed by atoms with E-state index in [1.54, 1.807) is 0 Å². The van der Waals surface area contributed by atoms with Crippen LogP contribution in [0.1, 0.15) is 24.8 Å². The number of fused-ring (bicyclic) bond motifs is 1. The lowest BCUT2D eigenvalue weighted by Gasteiger charge is -2.27. The van der Waals surface area contributed by atoms with E-state index in [0.717, 1.165) is 57.1 Å². The Kier molecular flexibility index (Phi) is 4.70. The zero-order valence-electron chi connectivity index (χ0n) is 14.4. The number of carbonyl (C=O) groups excluding carboxylic acids is 1. The molecule has 2 aromatic rings. The van der Waals surface area contributed by atoms with Crippen LogP contribution in [0.5, 0.6) is 0 Å². The van der Waals surface area contributed by atoms with Gasteiger partial charge in [0.15, 0.2) is 0 Å². The van der Waals surface area contributed by atoms with Crippen LogP contribution in [0.2, 0.25) is 0 Å². The highest BCUT2D eigenvalue weighted by molar-refractivity contribution is 5.93. The van der Waals surface area contributed by atoms with Crippen LogP contribution >= 0.6 is 0 Å². The maximum atomic E-state index is 12.0. The van der Waals surface area contributed by atoms with Gasteiger partial charge in [-0.2, -0.15) is 5.10 Å². The van der Waals surface area contributed by atoms with E-state index in [4.69, 9.17) is 0 Å². The Morgan fingerprint density at radius 1 is 1.20 bits per heavy atom. The molecule has 1 aromatic carbocycles. The van der Waals surface area contributed by atoms with Crippen molar-refractivity contribution in [2.24, 2.45) is 5.92 Å². The fourth-order valence-corrected chi connectivity index (χ4v) is 3.62. The second-order valence-corrected chi connectivity index (χ2v) is 6.95. The van der Waals surface area contributed by atoms with E-state index < -0.39 is 0 Å². The molecule has 1 atom stereocenters. The van der Waals surface area contributed by atoms with E-state index in [1.807, 2.05) is 21.8 Å². The van der Waals surface area contributed by atoms with E-state index in [-0.39, 0.29) is 5.91 Å². The average Bonchev–Trinajstić information content (AvgIpc) is 3.11. The lowest BCUT2D eigenvalue weighted by molar-refractivity contribution is -0.119. The molecule has 6 heteroatoms. The van der Waals surface area contributed by atoms with Crippen LogP contribution in [-0.2, 0) is 17.9 Å². The monoisotopic (exact) mass is 339 g/mol. The number of carbonyl (C=O) groups is 1. The Hall–Kier alpha value is -2.34. The summed E-state index contributed by atoms with van der Waals surface area (Å²) in [6, 6.07) is 10.4. The van der Waals surface area contributed by atoms with Crippen LogP contribution in [0.4, 0.5) is 11.5 Å². The number of aromatic nitrogens is 2. The van der Waals surface area contributed by atoms with Gasteiger partial charge >= 0.3 is 0 Å². The van der Waals surface area contributed by atoms with E-state index >= 15 is 0 Å². The Bertz CT molecular complexity index is 724. The molecule has 2 aliphatic rings.